The van der Waals surface area contributed by atoms with E-state index < -0.39 is 5.79 Å². The molecule has 2 saturated heterocycles. The molecule has 1 unspecified atom stereocenters. The van der Waals surface area contributed by atoms with Gasteiger partial charge in [0, 0.05) is 25.0 Å². The van der Waals surface area contributed by atoms with Gasteiger partial charge in [-0.1, -0.05) is 38.3 Å². The van der Waals surface area contributed by atoms with E-state index in [2.05, 4.69) is 12.2 Å². The molecule has 1 aliphatic carbocycles. The lowest BCUT2D eigenvalue weighted by molar-refractivity contribution is -0.285. The van der Waals surface area contributed by atoms with Gasteiger partial charge < -0.3 is 29.3 Å². The number of urea groups is 1. The minimum absolute atomic E-state index is 0.158. The molecule has 0 aromatic heterocycles. The van der Waals surface area contributed by atoms with E-state index in [9.17, 15) is 9.59 Å². The van der Waals surface area contributed by atoms with Gasteiger partial charge in [-0.2, -0.15) is 0 Å². The quantitative estimate of drug-likeness (QED) is 0.771. The number of hydrogen-bond donors (Lipinski definition) is 1. The predicted molar refractivity (Wildman–Crippen MR) is 119 cm³/mol. The zero-order chi connectivity index (χ0) is 22.6. The van der Waals surface area contributed by atoms with Gasteiger partial charge in [0.15, 0.2) is 0 Å². The van der Waals surface area contributed by atoms with Crippen molar-refractivity contribution in [1.82, 2.24) is 15.1 Å². The third-order valence-corrected chi connectivity index (χ3v) is 6.97. The van der Waals surface area contributed by atoms with E-state index in [0.29, 0.717) is 45.9 Å². The number of morpholine rings is 2. The molecule has 1 spiro atoms. The molecule has 1 aromatic rings. The van der Waals surface area contributed by atoms with E-state index in [1.807, 2.05) is 29.2 Å². The van der Waals surface area contributed by atoms with E-state index in [0.717, 1.165) is 37.0 Å². The number of carbonyl (C=O) groups is 2. The smallest absolute Gasteiger partial charge is 0.317 e. The molecule has 3 amide bonds. The van der Waals surface area contributed by atoms with Crippen LogP contribution >= 0.6 is 0 Å². The number of benzene rings is 1. The summed E-state index contributed by atoms with van der Waals surface area (Å²) in [7, 11) is 1.63. The SMILES string of the molecule is COc1ccc(CNC(=O)N2CCOC3(C2)CN(C(=O)C2(C)CCCCC2)CCO3)cc1. The Morgan fingerprint density at radius 1 is 1.00 bits per heavy atom. The van der Waals surface area contributed by atoms with Crippen molar-refractivity contribution in [2.24, 2.45) is 5.41 Å². The van der Waals surface area contributed by atoms with Gasteiger partial charge >= 0.3 is 6.03 Å². The first-order chi connectivity index (χ1) is 15.4. The molecule has 8 nitrogen and oxygen atoms in total. The molecule has 1 aromatic carbocycles. The second kappa shape index (κ2) is 9.67. The second-order valence-corrected chi connectivity index (χ2v) is 9.38. The van der Waals surface area contributed by atoms with Crippen LogP contribution in [0, 0.1) is 5.41 Å². The van der Waals surface area contributed by atoms with Gasteiger partial charge in [0.25, 0.3) is 0 Å². The van der Waals surface area contributed by atoms with Crippen molar-refractivity contribution in [3.8, 4) is 5.75 Å². The highest BCUT2D eigenvalue weighted by atomic mass is 16.7. The average molecular weight is 446 g/mol. The van der Waals surface area contributed by atoms with Crippen LogP contribution in [0.5, 0.6) is 5.75 Å². The van der Waals surface area contributed by atoms with Crippen LogP contribution in [-0.2, 0) is 20.8 Å². The van der Waals surface area contributed by atoms with Crippen molar-refractivity contribution in [3.63, 3.8) is 0 Å². The number of carbonyl (C=O) groups excluding carboxylic acids is 2. The van der Waals surface area contributed by atoms with Gasteiger partial charge in [0.1, 0.15) is 5.75 Å². The van der Waals surface area contributed by atoms with Crippen molar-refractivity contribution in [2.45, 2.75) is 51.4 Å². The molecule has 32 heavy (non-hydrogen) atoms. The molecular formula is C24H35N3O5. The van der Waals surface area contributed by atoms with Crippen LogP contribution in [0.4, 0.5) is 4.79 Å². The summed E-state index contributed by atoms with van der Waals surface area (Å²) >= 11 is 0. The fraction of sp³-hybridized carbons (Fsp3) is 0.667. The summed E-state index contributed by atoms with van der Waals surface area (Å²) in [4.78, 5) is 29.8. The van der Waals surface area contributed by atoms with Gasteiger partial charge in [-0.25, -0.2) is 4.79 Å². The predicted octanol–water partition coefficient (Wildman–Crippen LogP) is 2.76. The van der Waals surface area contributed by atoms with Crippen LogP contribution in [0.25, 0.3) is 0 Å². The molecule has 8 heteroatoms. The lowest BCUT2D eigenvalue weighted by atomic mass is 9.74. The van der Waals surface area contributed by atoms with Crippen LogP contribution in [-0.4, -0.2) is 74.0 Å². The third kappa shape index (κ3) is 5.02. The Bertz CT molecular complexity index is 804. The standard InChI is InChI=1S/C24H35N3O5/c1-23(10-4-3-5-11-23)21(28)26-12-14-31-24(17-26)18-27(13-15-32-24)22(29)25-16-19-6-8-20(30-2)9-7-19/h6-9H,3-5,10-18H2,1-2H3,(H,25,29). The Labute approximate surface area is 190 Å². The van der Waals surface area contributed by atoms with Gasteiger partial charge in [0.05, 0.1) is 33.4 Å². The highest BCUT2D eigenvalue weighted by Gasteiger charge is 2.47. The van der Waals surface area contributed by atoms with Gasteiger partial charge in [-0.15, -0.1) is 0 Å². The van der Waals surface area contributed by atoms with Crippen LogP contribution in [0.3, 0.4) is 0 Å². The maximum atomic E-state index is 13.3. The molecule has 3 aliphatic rings. The first-order valence-corrected chi connectivity index (χ1v) is 11.7. The fourth-order valence-corrected chi connectivity index (χ4v) is 5.00. The van der Waals surface area contributed by atoms with E-state index in [1.165, 1.54) is 6.42 Å². The van der Waals surface area contributed by atoms with Crippen LogP contribution in [0.2, 0.25) is 0 Å². The molecule has 2 aliphatic heterocycles. The molecule has 2 heterocycles. The summed E-state index contributed by atoms with van der Waals surface area (Å²) < 4.78 is 17.2. The number of nitrogens with zero attached hydrogens (tertiary/aromatic N) is 2. The van der Waals surface area contributed by atoms with E-state index >= 15 is 0 Å². The molecule has 1 saturated carbocycles. The van der Waals surface area contributed by atoms with Crippen molar-refractivity contribution in [3.05, 3.63) is 29.8 Å². The highest BCUT2D eigenvalue weighted by molar-refractivity contribution is 5.82. The maximum absolute atomic E-state index is 13.3. The molecular weight excluding hydrogens is 410 g/mol. The van der Waals surface area contributed by atoms with E-state index in [-0.39, 0.29) is 17.4 Å². The summed E-state index contributed by atoms with van der Waals surface area (Å²) in [5.41, 5.74) is 0.703. The summed E-state index contributed by atoms with van der Waals surface area (Å²) in [5, 5.41) is 2.97. The fourth-order valence-electron chi connectivity index (χ4n) is 5.00. The van der Waals surface area contributed by atoms with Crippen LogP contribution in [0.1, 0.15) is 44.6 Å². The number of ether oxygens (including phenoxy) is 3. The van der Waals surface area contributed by atoms with Crippen LogP contribution in [0.15, 0.2) is 24.3 Å². The number of methoxy groups -OCH3 is 1. The van der Waals surface area contributed by atoms with Crippen molar-refractivity contribution >= 4 is 11.9 Å². The number of hydrogen-bond acceptors (Lipinski definition) is 5. The zero-order valence-electron chi connectivity index (χ0n) is 19.2. The Morgan fingerprint density at radius 2 is 1.62 bits per heavy atom. The largest absolute Gasteiger partial charge is 0.497 e. The molecule has 0 radical (unpaired) electrons. The number of nitrogens with one attached hydrogen (secondary N) is 1. The summed E-state index contributed by atoms with van der Waals surface area (Å²) in [5.74, 6) is 0.0321. The van der Waals surface area contributed by atoms with Gasteiger partial charge in [-0.3, -0.25) is 4.79 Å². The van der Waals surface area contributed by atoms with E-state index in [4.69, 9.17) is 14.2 Å². The monoisotopic (exact) mass is 445 g/mol. The second-order valence-electron chi connectivity index (χ2n) is 9.38. The topological polar surface area (TPSA) is 80.3 Å². The molecule has 4 rings (SSSR count). The average Bonchev–Trinajstić information content (AvgIpc) is 2.83. The first kappa shape index (κ1) is 22.9. The van der Waals surface area contributed by atoms with Gasteiger partial charge in [0.2, 0.25) is 11.7 Å². The summed E-state index contributed by atoms with van der Waals surface area (Å²) in [6.45, 7) is 5.06. The molecule has 3 fully saturated rings. The molecule has 1 N–H and O–H groups in total. The minimum Gasteiger partial charge on any atom is -0.497 e. The lowest BCUT2D eigenvalue weighted by Crippen LogP contribution is -2.65. The first-order valence-electron chi connectivity index (χ1n) is 11.7. The molecule has 1 atom stereocenters. The Morgan fingerprint density at radius 3 is 2.28 bits per heavy atom. The molecule has 0 bridgehead atoms. The Balaban J connectivity index is 1.35. The van der Waals surface area contributed by atoms with Crippen molar-refractivity contribution < 1.29 is 23.8 Å². The lowest BCUT2D eigenvalue weighted by Gasteiger charge is -2.49. The summed E-state index contributed by atoms with van der Waals surface area (Å²) in [6.07, 6.45) is 5.31. The molecule has 176 valence electrons. The summed E-state index contributed by atoms with van der Waals surface area (Å²) in [6, 6.07) is 7.45. The van der Waals surface area contributed by atoms with Gasteiger partial charge in [-0.05, 0) is 30.5 Å². The highest BCUT2D eigenvalue weighted by Crippen LogP contribution is 2.38. The van der Waals surface area contributed by atoms with Crippen LogP contribution < -0.4 is 10.1 Å². The minimum atomic E-state index is -0.950. The van der Waals surface area contributed by atoms with E-state index in [1.54, 1.807) is 12.0 Å². The third-order valence-electron chi connectivity index (χ3n) is 6.97. The Kier molecular flexibility index (Phi) is 6.90. The van der Waals surface area contributed by atoms with Crippen molar-refractivity contribution in [1.29, 1.82) is 0 Å². The Hall–Kier alpha value is -2.32. The number of rotatable bonds is 4. The normalized spacial score (nSPS) is 25.4. The number of amides is 3. The van der Waals surface area contributed by atoms with Crippen molar-refractivity contribution in [2.75, 3.05) is 46.5 Å². The zero-order valence-corrected chi connectivity index (χ0v) is 19.2. The maximum Gasteiger partial charge on any atom is 0.317 e.